The van der Waals surface area contributed by atoms with Gasteiger partial charge in [0.1, 0.15) is 0 Å². The molecule has 0 aromatic heterocycles. The summed E-state index contributed by atoms with van der Waals surface area (Å²) in [5, 5.41) is 20.4. The van der Waals surface area contributed by atoms with Crippen LogP contribution >= 0.6 is 0 Å². The van der Waals surface area contributed by atoms with Gasteiger partial charge in [0.15, 0.2) is 0 Å². The number of aliphatic hydroxyl groups excluding tert-OH is 2. The Morgan fingerprint density at radius 2 is 1.81 bits per heavy atom. The summed E-state index contributed by atoms with van der Waals surface area (Å²) < 4.78 is 0. The highest BCUT2D eigenvalue weighted by atomic mass is 16.3. The second-order valence-corrected chi connectivity index (χ2v) is 8.52. The molecule has 5 atom stereocenters. The molecular formula is C25H40O2. The van der Waals surface area contributed by atoms with Crippen molar-refractivity contribution in [3.8, 4) is 0 Å². The standard InChI is InChI=1S/C25H40O2/c1-3-4-14-23(26)18-16-22-17-19-25(27)24(22)15-10-5-7-11-20(2)21-12-8-6-9-13-21/h6,8-9,12-13,16,18,20,22-27H,3-5,7,10-11,14-15,17,19H2,1-2H3/t20?,22-,23?,24+,25-/m0/s1. The summed E-state index contributed by atoms with van der Waals surface area (Å²) in [6, 6.07) is 10.8. The molecule has 0 aliphatic heterocycles. The van der Waals surface area contributed by atoms with Crippen LogP contribution < -0.4 is 0 Å². The largest absolute Gasteiger partial charge is 0.393 e. The monoisotopic (exact) mass is 372 g/mol. The highest BCUT2D eigenvalue weighted by molar-refractivity contribution is 5.18. The van der Waals surface area contributed by atoms with Gasteiger partial charge in [-0.15, -0.1) is 0 Å². The number of hydrogen-bond donors (Lipinski definition) is 2. The number of hydrogen-bond acceptors (Lipinski definition) is 2. The number of rotatable bonds is 12. The van der Waals surface area contributed by atoms with Crippen molar-refractivity contribution in [1.82, 2.24) is 0 Å². The van der Waals surface area contributed by atoms with Crippen LogP contribution in [0.4, 0.5) is 0 Å². The molecule has 27 heavy (non-hydrogen) atoms. The van der Waals surface area contributed by atoms with Gasteiger partial charge in [-0.25, -0.2) is 0 Å². The van der Waals surface area contributed by atoms with Crippen LogP contribution in [0.1, 0.15) is 89.5 Å². The molecule has 0 radical (unpaired) electrons. The van der Waals surface area contributed by atoms with E-state index in [1.54, 1.807) is 0 Å². The second-order valence-electron chi connectivity index (χ2n) is 8.52. The average molecular weight is 373 g/mol. The topological polar surface area (TPSA) is 40.5 Å². The average Bonchev–Trinajstić information content (AvgIpc) is 3.04. The first kappa shape index (κ1) is 22.2. The predicted octanol–water partition coefficient (Wildman–Crippen LogP) is 6.24. The Bertz CT molecular complexity index is 524. The first-order chi connectivity index (χ1) is 13.1. The van der Waals surface area contributed by atoms with Crippen LogP contribution in [0.3, 0.4) is 0 Å². The van der Waals surface area contributed by atoms with Gasteiger partial charge in [0.25, 0.3) is 0 Å². The van der Waals surface area contributed by atoms with Crippen molar-refractivity contribution < 1.29 is 10.2 Å². The van der Waals surface area contributed by atoms with E-state index in [9.17, 15) is 10.2 Å². The van der Waals surface area contributed by atoms with Crippen molar-refractivity contribution in [3.05, 3.63) is 48.0 Å². The van der Waals surface area contributed by atoms with Crippen LogP contribution in [-0.4, -0.2) is 22.4 Å². The molecule has 1 aromatic carbocycles. The predicted molar refractivity (Wildman–Crippen MR) is 115 cm³/mol. The Morgan fingerprint density at radius 3 is 2.56 bits per heavy atom. The second kappa shape index (κ2) is 12.4. The zero-order valence-corrected chi connectivity index (χ0v) is 17.4. The lowest BCUT2D eigenvalue weighted by molar-refractivity contribution is 0.116. The van der Waals surface area contributed by atoms with E-state index < -0.39 is 0 Å². The van der Waals surface area contributed by atoms with Gasteiger partial charge >= 0.3 is 0 Å². The van der Waals surface area contributed by atoms with Gasteiger partial charge in [-0.2, -0.15) is 0 Å². The van der Waals surface area contributed by atoms with E-state index in [4.69, 9.17) is 0 Å². The molecule has 152 valence electrons. The van der Waals surface area contributed by atoms with E-state index in [1.807, 2.05) is 6.08 Å². The number of allylic oxidation sites excluding steroid dienone is 1. The van der Waals surface area contributed by atoms with Gasteiger partial charge in [-0.3, -0.25) is 0 Å². The van der Waals surface area contributed by atoms with Crippen LogP contribution in [0, 0.1) is 11.8 Å². The van der Waals surface area contributed by atoms with E-state index in [1.165, 1.54) is 31.2 Å². The summed E-state index contributed by atoms with van der Waals surface area (Å²) in [7, 11) is 0. The summed E-state index contributed by atoms with van der Waals surface area (Å²) in [5.74, 6) is 1.45. The van der Waals surface area contributed by atoms with Gasteiger partial charge in [0.05, 0.1) is 12.2 Å². The molecule has 2 N–H and O–H groups in total. The van der Waals surface area contributed by atoms with Gasteiger partial charge in [0.2, 0.25) is 0 Å². The minimum absolute atomic E-state index is 0.157. The van der Waals surface area contributed by atoms with E-state index in [0.29, 0.717) is 17.8 Å². The lowest BCUT2D eigenvalue weighted by Crippen LogP contribution is -2.18. The third-order valence-electron chi connectivity index (χ3n) is 6.32. The number of unbranched alkanes of at least 4 members (excludes halogenated alkanes) is 3. The van der Waals surface area contributed by atoms with Crippen LogP contribution in [0.2, 0.25) is 0 Å². The Hall–Kier alpha value is -1.12. The highest BCUT2D eigenvalue weighted by Gasteiger charge is 2.32. The molecule has 2 heteroatoms. The summed E-state index contributed by atoms with van der Waals surface area (Å²) in [6.45, 7) is 4.47. The number of aliphatic hydroxyl groups is 2. The fourth-order valence-electron chi connectivity index (χ4n) is 4.46. The molecule has 2 nitrogen and oxygen atoms in total. The SMILES string of the molecule is CCCCC(O)C=C[C@H]1CC[C@H](O)[C@@H]1CCCCCC(C)c1ccccc1. The van der Waals surface area contributed by atoms with E-state index in [0.717, 1.165) is 38.5 Å². The molecule has 1 aromatic rings. The molecule has 2 rings (SSSR count). The third kappa shape index (κ3) is 7.79. The fourth-order valence-corrected chi connectivity index (χ4v) is 4.46. The van der Waals surface area contributed by atoms with Crippen LogP contribution in [0.25, 0.3) is 0 Å². The normalized spacial score (nSPS) is 25.1. The van der Waals surface area contributed by atoms with Crippen LogP contribution in [0.15, 0.2) is 42.5 Å². The maximum absolute atomic E-state index is 10.4. The van der Waals surface area contributed by atoms with Gasteiger partial charge in [-0.1, -0.05) is 88.4 Å². The maximum atomic E-state index is 10.4. The smallest absolute Gasteiger partial charge is 0.0721 e. The fraction of sp³-hybridized carbons (Fsp3) is 0.680. The highest BCUT2D eigenvalue weighted by Crippen LogP contribution is 2.37. The van der Waals surface area contributed by atoms with Crippen LogP contribution in [0.5, 0.6) is 0 Å². The zero-order valence-electron chi connectivity index (χ0n) is 17.4. The van der Waals surface area contributed by atoms with Crippen molar-refractivity contribution in [2.24, 2.45) is 11.8 Å². The number of benzene rings is 1. The molecule has 1 aliphatic carbocycles. The molecule has 0 amide bonds. The third-order valence-corrected chi connectivity index (χ3v) is 6.32. The maximum Gasteiger partial charge on any atom is 0.0721 e. The minimum Gasteiger partial charge on any atom is -0.393 e. The van der Waals surface area contributed by atoms with Crippen molar-refractivity contribution in [2.75, 3.05) is 0 Å². The molecule has 0 saturated heterocycles. The molecule has 2 unspecified atom stereocenters. The van der Waals surface area contributed by atoms with Crippen molar-refractivity contribution in [3.63, 3.8) is 0 Å². The Balaban J connectivity index is 1.67. The Morgan fingerprint density at radius 1 is 1.04 bits per heavy atom. The molecule has 1 aliphatic rings. The molecule has 0 bridgehead atoms. The first-order valence-electron chi connectivity index (χ1n) is 11.2. The zero-order chi connectivity index (χ0) is 19.5. The van der Waals surface area contributed by atoms with Gasteiger partial charge in [-0.05, 0) is 55.4 Å². The van der Waals surface area contributed by atoms with Gasteiger partial charge < -0.3 is 10.2 Å². The Labute approximate surface area is 166 Å². The van der Waals surface area contributed by atoms with Crippen molar-refractivity contribution in [2.45, 2.75) is 96.2 Å². The van der Waals surface area contributed by atoms with E-state index >= 15 is 0 Å². The molecular weight excluding hydrogens is 332 g/mol. The summed E-state index contributed by atoms with van der Waals surface area (Å²) in [5.41, 5.74) is 1.44. The van der Waals surface area contributed by atoms with Gasteiger partial charge in [0, 0.05) is 0 Å². The first-order valence-corrected chi connectivity index (χ1v) is 11.2. The molecule has 1 saturated carbocycles. The van der Waals surface area contributed by atoms with Crippen molar-refractivity contribution in [1.29, 1.82) is 0 Å². The summed E-state index contributed by atoms with van der Waals surface area (Å²) in [4.78, 5) is 0. The van der Waals surface area contributed by atoms with E-state index in [2.05, 4.69) is 50.3 Å². The van der Waals surface area contributed by atoms with Crippen LogP contribution in [-0.2, 0) is 0 Å². The Kier molecular flexibility index (Phi) is 10.2. The molecule has 1 fully saturated rings. The van der Waals surface area contributed by atoms with Crippen molar-refractivity contribution >= 4 is 0 Å². The summed E-state index contributed by atoms with van der Waals surface area (Å²) in [6.07, 6.45) is 14.8. The quantitative estimate of drug-likeness (QED) is 0.337. The minimum atomic E-state index is -0.317. The lowest BCUT2D eigenvalue weighted by Gasteiger charge is -2.20. The molecule has 0 heterocycles. The molecule has 0 spiro atoms. The summed E-state index contributed by atoms with van der Waals surface area (Å²) >= 11 is 0. The lowest BCUT2D eigenvalue weighted by atomic mass is 9.88. The van der Waals surface area contributed by atoms with E-state index in [-0.39, 0.29) is 12.2 Å².